The van der Waals surface area contributed by atoms with Gasteiger partial charge in [-0.2, -0.15) is 5.10 Å². The van der Waals surface area contributed by atoms with E-state index in [2.05, 4.69) is 19.8 Å². The Morgan fingerprint density at radius 1 is 1.03 bits per heavy atom. The van der Waals surface area contributed by atoms with Crippen molar-refractivity contribution in [2.24, 2.45) is 7.05 Å². The summed E-state index contributed by atoms with van der Waals surface area (Å²) in [4.78, 5) is 20.7. The predicted octanol–water partition coefficient (Wildman–Crippen LogP) is 3.13. The maximum absolute atomic E-state index is 12.7. The summed E-state index contributed by atoms with van der Waals surface area (Å²) >= 11 is 0. The van der Waals surface area contributed by atoms with E-state index < -0.39 is 16.0 Å². The highest BCUT2D eigenvalue weighted by molar-refractivity contribution is 7.92. The van der Waals surface area contributed by atoms with E-state index in [9.17, 15) is 13.2 Å². The first-order valence-corrected chi connectivity index (χ1v) is 11.0. The smallest absolute Gasteiger partial charge is 0.338 e. The number of benzene rings is 1. The molecule has 1 aromatic carbocycles. The van der Waals surface area contributed by atoms with Crippen LogP contribution in [0.2, 0.25) is 0 Å². The minimum Gasteiger partial charge on any atom is -0.465 e. The van der Waals surface area contributed by atoms with Gasteiger partial charge in [-0.15, -0.1) is 0 Å². The molecule has 0 unspecified atom stereocenters. The Bertz CT molecular complexity index is 1370. The molecule has 3 aromatic heterocycles. The Morgan fingerprint density at radius 3 is 2.41 bits per heavy atom. The van der Waals surface area contributed by atoms with E-state index in [1.165, 1.54) is 30.3 Å². The van der Waals surface area contributed by atoms with Gasteiger partial charge in [0.25, 0.3) is 10.0 Å². The predicted molar refractivity (Wildman–Crippen MR) is 118 cm³/mol. The molecule has 0 radical (unpaired) electrons. The van der Waals surface area contributed by atoms with Crippen molar-refractivity contribution in [3.63, 3.8) is 0 Å². The topological polar surface area (TPSA) is 116 Å². The number of nitrogens with one attached hydrogen (secondary N) is 1. The highest BCUT2D eigenvalue weighted by atomic mass is 32.2. The Kier molecular flexibility index (Phi) is 5.69. The summed E-state index contributed by atoms with van der Waals surface area (Å²) in [6, 6.07) is 14.2. The fourth-order valence-corrected chi connectivity index (χ4v) is 4.04. The zero-order chi connectivity index (χ0) is 22.7. The van der Waals surface area contributed by atoms with Crippen molar-refractivity contribution in [2.45, 2.75) is 4.90 Å². The first-order valence-electron chi connectivity index (χ1n) is 9.48. The van der Waals surface area contributed by atoms with Crippen LogP contribution in [0.1, 0.15) is 10.4 Å². The summed E-state index contributed by atoms with van der Waals surface area (Å²) in [5, 5.41) is 3.88. The number of esters is 1. The van der Waals surface area contributed by atoms with Crippen LogP contribution in [0.5, 0.6) is 0 Å². The molecule has 9 nitrogen and oxygen atoms in total. The average Bonchev–Trinajstić information content (AvgIpc) is 3.26. The second kappa shape index (κ2) is 8.60. The fourth-order valence-electron chi connectivity index (χ4n) is 3.07. The van der Waals surface area contributed by atoms with E-state index in [1.807, 2.05) is 36.4 Å². The Morgan fingerprint density at radius 2 is 1.78 bits per heavy atom. The SMILES string of the molecule is COC(=O)c1cc(NS(=O)(=O)c2cnn(C)c2)nc(-c2ccc(-c3cccnc3)cc2)c1. The van der Waals surface area contributed by atoms with Gasteiger partial charge in [0.2, 0.25) is 0 Å². The molecule has 0 fully saturated rings. The largest absolute Gasteiger partial charge is 0.465 e. The molecule has 0 saturated carbocycles. The summed E-state index contributed by atoms with van der Waals surface area (Å²) in [5.74, 6) is -0.620. The molecule has 32 heavy (non-hydrogen) atoms. The molecule has 4 aromatic rings. The second-order valence-electron chi connectivity index (χ2n) is 6.89. The first-order chi connectivity index (χ1) is 15.4. The number of sulfonamides is 1. The summed E-state index contributed by atoms with van der Waals surface area (Å²) in [6.45, 7) is 0. The zero-order valence-corrected chi connectivity index (χ0v) is 18.1. The second-order valence-corrected chi connectivity index (χ2v) is 8.57. The van der Waals surface area contributed by atoms with Crippen LogP contribution < -0.4 is 4.72 Å². The third-order valence-electron chi connectivity index (χ3n) is 4.65. The van der Waals surface area contributed by atoms with E-state index >= 15 is 0 Å². The van der Waals surface area contributed by atoms with Gasteiger partial charge in [-0.25, -0.2) is 18.2 Å². The number of methoxy groups -OCH3 is 1. The molecular weight excluding hydrogens is 430 g/mol. The first kappa shape index (κ1) is 21.2. The summed E-state index contributed by atoms with van der Waals surface area (Å²) in [6.07, 6.45) is 6.06. The highest BCUT2D eigenvalue weighted by Gasteiger charge is 2.19. The Balaban J connectivity index is 1.71. The number of carbonyl (C=O) groups excluding carboxylic acids is 1. The lowest BCUT2D eigenvalue weighted by Crippen LogP contribution is -2.14. The minimum absolute atomic E-state index is 0.0110. The van der Waals surface area contributed by atoms with E-state index in [0.29, 0.717) is 11.3 Å². The number of pyridine rings is 2. The summed E-state index contributed by atoms with van der Waals surface area (Å²) < 4.78 is 34.0. The monoisotopic (exact) mass is 449 g/mol. The van der Waals surface area contributed by atoms with Crippen molar-refractivity contribution >= 4 is 21.8 Å². The third kappa shape index (κ3) is 4.49. The lowest BCUT2D eigenvalue weighted by Gasteiger charge is -2.11. The number of ether oxygens (including phenoxy) is 1. The van der Waals surface area contributed by atoms with Crippen molar-refractivity contribution in [1.82, 2.24) is 19.7 Å². The van der Waals surface area contributed by atoms with Crippen LogP contribution in [-0.4, -0.2) is 41.2 Å². The van der Waals surface area contributed by atoms with Crippen molar-refractivity contribution < 1.29 is 17.9 Å². The lowest BCUT2D eigenvalue weighted by atomic mass is 10.0. The van der Waals surface area contributed by atoms with Gasteiger partial charge in [0.15, 0.2) is 0 Å². The number of carbonyl (C=O) groups is 1. The number of aryl methyl sites for hydroxylation is 1. The number of rotatable bonds is 6. The number of anilines is 1. The molecule has 0 aliphatic carbocycles. The van der Waals surface area contributed by atoms with Crippen LogP contribution in [0.4, 0.5) is 5.82 Å². The number of hydrogen-bond acceptors (Lipinski definition) is 7. The van der Waals surface area contributed by atoms with Gasteiger partial charge in [0, 0.05) is 31.2 Å². The van der Waals surface area contributed by atoms with Gasteiger partial charge < -0.3 is 4.74 Å². The van der Waals surface area contributed by atoms with Gasteiger partial charge in [0.1, 0.15) is 10.7 Å². The Labute approximate surface area is 184 Å². The molecule has 3 heterocycles. The van der Waals surface area contributed by atoms with Gasteiger partial charge >= 0.3 is 5.97 Å². The van der Waals surface area contributed by atoms with Crippen LogP contribution >= 0.6 is 0 Å². The molecule has 0 aliphatic heterocycles. The normalized spacial score (nSPS) is 11.2. The molecule has 4 rings (SSSR count). The maximum atomic E-state index is 12.7. The van der Waals surface area contributed by atoms with Crippen LogP contribution in [0.25, 0.3) is 22.4 Å². The zero-order valence-electron chi connectivity index (χ0n) is 17.3. The maximum Gasteiger partial charge on any atom is 0.338 e. The van der Waals surface area contributed by atoms with Crippen molar-refractivity contribution in [3.05, 3.63) is 78.9 Å². The third-order valence-corrected chi connectivity index (χ3v) is 5.96. The standard InChI is InChI=1S/C22H19N5O4S/c1-27-14-19(13-24-27)32(29,30)26-21-11-18(22(28)31-2)10-20(25-21)16-7-5-15(6-8-16)17-4-3-9-23-12-17/h3-14H,1-2H3,(H,25,26). The fraction of sp³-hybridized carbons (Fsp3) is 0.0909. The number of hydrogen-bond donors (Lipinski definition) is 1. The summed E-state index contributed by atoms with van der Waals surface area (Å²) in [5.41, 5.74) is 3.20. The van der Waals surface area contributed by atoms with Crippen LogP contribution in [0, 0.1) is 0 Å². The molecule has 10 heteroatoms. The van der Waals surface area contributed by atoms with Crippen molar-refractivity contribution in [1.29, 1.82) is 0 Å². The molecule has 162 valence electrons. The molecule has 0 aliphatic rings. The number of aromatic nitrogens is 4. The van der Waals surface area contributed by atoms with E-state index in [0.717, 1.165) is 11.1 Å². The van der Waals surface area contributed by atoms with E-state index in [1.54, 1.807) is 25.5 Å². The van der Waals surface area contributed by atoms with Crippen LogP contribution in [0.15, 0.2) is 78.2 Å². The van der Waals surface area contributed by atoms with E-state index in [-0.39, 0.29) is 16.3 Å². The van der Waals surface area contributed by atoms with Gasteiger partial charge in [0.05, 0.1) is 24.6 Å². The van der Waals surface area contributed by atoms with Crippen LogP contribution in [0.3, 0.4) is 0 Å². The lowest BCUT2D eigenvalue weighted by molar-refractivity contribution is 0.0600. The quantitative estimate of drug-likeness (QED) is 0.450. The van der Waals surface area contributed by atoms with Crippen molar-refractivity contribution in [3.8, 4) is 22.4 Å². The summed E-state index contributed by atoms with van der Waals surface area (Å²) in [7, 11) is -1.07. The molecule has 1 N–H and O–H groups in total. The van der Waals surface area contributed by atoms with E-state index in [4.69, 9.17) is 4.74 Å². The van der Waals surface area contributed by atoms with Gasteiger partial charge in [-0.3, -0.25) is 14.4 Å². The average molecular weight is 449 g/mol. The Hall–Kier alpha value is -4.05. The van der Waals surface area contributed by atoms with Crippen molar-refractivity contribution in [2.75, 3.05) is 11.8 Å². The van der Waals surface area contributed by atoms with Gasteiger partial charge in [-0.1, -0.05) is 30.3 Å². The highest BCUT2D eigenvalue weighted by Crippen LogP contribution is 2.26. The molecule has 0 atom stereocenters. The van der Waals surface area contributed by atoms with Crippen LogP contribution in [-0.2, 0) is 21.8 Å². The molecule has 0 amide bonds. The van der Waals surface area contributed by atoms with Gasteiger partial charge in [-0.05, 0) is 29.3 Å². The minimum atomic E-state index is -3.94. The molecule has 0 saturated heterocycles. The molecule has 0 spiro atoms. The molecule has 0 bridgehead atoms. The number of nitrogens with zero attached hydrogens (tertiary/aromatic N) is 4. The molecular formula is C22H19N5O4S.